The molecule has 4 heteroatoms. The fraction of sp³-hybridized carbons (Fsp3) is 0.316. The van der Waals surface area contributed by atoms with Crippen LogP contribution in [0.25, 0.3) is 0 Å². The Morgan fingerprint density at radius 2 is 1.87 bits per heavy atom. The van der Waals surface area contributed by atoms with E-state index in [-0.39, 0.29) is 11.9 Å². The second-order valence-corrected chi connectivity index (χ2v) is 5.98. The van der Waals surface area contributed by atoms with Gasteiger partial charge in [0.2, 0.25) is 0 Å². The van der Waals surface area contributed by atoms with E-state index in [9.17, 15) is 4.79 Å². The molecule has 2 atom stereocenters. The molecule has 2 rings (SSSR count). The van der Waals surface area contributed by atoms with Crippen molar-refractivity contribution in [1.29, 1.82) is 0 Å². The summed E-state index contributed by atoms with van der Waals surface area (Å²) in [6.07, 6.45) is 0.414. The molecule has 0 unspecified atom stereocenters. The number of ether oxygens (including phenoxy) is 1. The normalized spacial score (nSPS) is 13.2. The lowest BCUT2D eigenvalue weighted by molar-refractivity contribution is -0.127. The standard InChI is InChI=1S/C19H22ClNO2/c1-4-15-8-10-16(11-9-15)13(2)21-19(22)14(3)23-18-7-5-6-17(20)12-18/h5-14H,4H2,1-3H3,(H,21,22)/t13-,14+/m0/s1. The highest BCUT2D eigenvalue weighted by Crippen LogP contribution is 2.19. The van der Waals surface area contributed by atoms with Gasteiger partial charge in [0.25, 0.3) is 5.91 Å². The number of amides is 1. The summed E-state index contributed by atoms with van der Waals surface area (Å²) in [5, 5.41) is 3.55. The summed E-state index contributed by atoms with van der Waals surface area (Å²) in [5.74, 6) is 0.428. The molecule has 0 spiro atoms. The molecule has 0 fully saturated rings. The molecular weight excluding hydrogens is 310 g/mol. The van der Waals surface area contributed by atoms with E-state index in [1.807, 2.05) is 19.1 Å². The SMILES string of the molecule is CCc1ccc([C@H](C)NC(=O)[C@@H](C)Oc2cccc(Cl)c2)cc1. The molecule has 0 saturated heterocycles. The van der Waals surface area contributed by atoms with Gasteiger partial charge in [-0.15, -0.1) is 0 Å². The van der Waals surface area contributed by atoms with Crippen molar-refractivity contribution in [2.24, 2.45) is 0 Å². The largest absolute Gasteiger partial charge is 0.481 e. The summed E-state index contributed by atoms with van der Waals surface area (Å²) in [4.78, 5) is 12.3. The Labute approximate surface area is 142 Å². The maximum Gasteiger partial charge on any atom is 0.261 e. The first kappa shape index (κ1) is 17.4. The molecule has 2 aromatic carbocycles. The van der Waals surface area contributed by atoms with Crippen molar-refractivity contribution in [3.05, 3.63) is 64.7 Å². The van der Waals surface area contributed by atoms with Gasteiger partial charge >= 0.3 is 0 Å². The lowest BCUT2D eigenvalue weighted by Gasteiger charge is -2.19. The number of benzene rings is 2. The number of rotatable bonds is 6. The molecule has 0 aliphatic heterocycles. The van der Waals surface area contributed by atoms with Crippen LogP contribution in [0.1, 0.15) is 37.9 Å². The molecule has 0 radical (unpaired) electrons. The number of carbonyl (C=O) groups is 1. The van der Waals surface area contributed by atoms with Gasteiger partial charge < -0.3 is 10.1 Å². The van der Waals surface area contributed by atoms with Crippen LogP contribution in [0.15, 0.2) is 48.5 Å². The third kappa shape index (κ3) is 5.00. The van der Waals surface area contributed by atoms with Crippen molar-refractivity contribution in [3.63, 3.8) is 0 Å². The second-order valence-electron chi connectivity index (χ2n) is 5.54. The minimum Gasteiger partial charge on any atom is -0.481 e. The lowest BCUT2D eigenvalue weighted by atomic mass is 10.0. The maximum atomic E-state index is 12.3. The summed E-state index contributed by atoms with van der Waals surface area (Å²) in [5.41, 5.74) is 2.36. The van der Waals surface area contributed by atoms with E-state index >= 15 is 0 Å². The highest BCUT2D eigenvalue weighted by Gasteiger charge is 2.17. The Hall–Kier alpha value is -2.00. The van der Waals surface area contributed by atoms with Gasteiger partial charge in [-0.05, 0) is 49.6 Å². The minimum atomic E-state index is -0.592. The van der Waals surface area contributed by atoms with Gasteiger partial charge in [-0.1, -0.05) is 48.9 Å². The zero-order chi connectivity index (χ0) is 16.8. The van der Waals surface area contributed by atoms with E-state index in [1.54, 1.807) is 31.2 Å². The number of nitrogens with one attached hydrogen (secondary N) is 1. The van der Waals surface area contributed by atoms with Gasteiger partial charge in [-0.25, -0.2) is 0 Å². The van der Waals surface area contributed by atoms with Crippen LogP contribution in [0.3, 0.4) is 0 Å². The number of hydrogen-bond donors (Lipinski definition) is 1. The van der Waals surface area contributed by atoms with E-state index in [4.69, 9.17) is 16.3 Å². The molecule has 1 N–H and O–H groups in total. The molecule has 23 heavy (non-hydrogen) atoms. The molecule has 122 valence electrons. The molecular formula is C19H22ClNO2. The van der Waals surface area contributed by atoms with Crippen LogP contribution in [0.4, 0.5) is 0 Å². The number of aryl methyl sites for hydroxylation is 1. The van der Waals surface area contributed by atoms with E-state index in [0.717, 1.165) is 12.0 Å². The van der Waals surface area contributed by atoms with E-state index in [2.05, 4.69) is 24.4 Å². The number of halogens is 1. The first-order valence-corrected chi connectivity index (χ1v) is 8.19. The van der Waals surface area contributed by atoms with Crippen molar-refractivity contribution in [2.75, 3.05) is 0 Å². The minimum absolute atomic E-state index is 0.0705. The van der Waals surface area contributed by atoms with Crippen LogP contribution in [0.2, 0.25) is 5.02 Å². The van der Waals surface area contributed by atoms with Crippen LogP contribution in [-0.2, 0) is 11.2 Å². The average molecular weight is 332 g/mol. The molecule has 0 bridgehead atoms. The van der Waals surface area contributed by atoms with Crippen molar-refractivity contribution < 1.29 is 9.53 Å². The second kappa shape index (κ2) is 8.02. The molecule has 2 aromatic rings. The number of hydrogen-bond acceptors (Lipinski definition) is 2. The first-order chi connectivity index (χ1) is 11.0. The summed E-state index contributed by atoms with van der Waals surface area (Å²) in [6, 6.07) is 15.2. The summed E-state index contributed by atoms with van der Waals surface area (Å²) in [6.45, 7) is 5.81. The van der Waals surface area contributed by atoms with Crippen LogP contribution in [-0.4, -0.2) is 12.0 Å². The third-order valence-corrected chi connectivity index (χ3v) is 3.96. The molecule has 3 nitrogen and oxygen atoms in total. The quantitative estimate of drug-likeness (QED) is 0.843. The summed E-state index contributed by atoms with van der Waals surface area (Å²) < 4.78 is 5.63. The summed E-state index contributed by atoms with van der Waals surface area (Å²) >= 11 is 5.92. The molecule has 0 aromatic heterocycles. The Morgan fingerprint density at radius 3 is 2.48 bits per heavy atom. The Bertz CT molecular complexity index is 655. The van der Waals surface area contributed by atoms with Crippen molar-refractivity contribution in [2.45, 2.75) is 39.3 Å². The van der Waals surface area contributed by atoms with Gasteiger partial charge in [0.15, 0.2) is 6.10 Å². The first-order valence-electron chi connectivity index (χ1n) is 7.81. The fourth-order valence-electron chi connectivity index (χ4n) is 2.25. The monoisotopic (exact) mass is 331 g/mol. The highest BCUT2D eigenvalue weighted by molar-refractivity contribution is 6.30. The number of carbonyl (C=O) groups excluding carboxylic acids is 1. The van der Waals surface area contributed by atoms with Gasteiger partial charge in [-0.3, -0.25) is 4.79 Å². The molecule has 0 heterocycles. The van der Waals surface area contributed by atoms with Crippen LogP contribution in [0, 0.1) is 0 Å². The van der Waals surface area contributed by atoms with Crippen molar-refractivity contribution in [1.82, 2.24) is 5.32 Å². The third-order valence-electron chi connectivity index (χ3n) is 3.72. The molecule has 0 aliphatic carbocycles. The zero-order valence-electron chi connectivity index (χ0n) is 13.7. The summed E-state index contributed by atoms with van der Waals surface area (Å²) in [7, 11) is 0. The van der Waals surface area contributed by atoms with Gasteiger partial charge in [0.05, 0.1) is 6.04 Å². The van der Waals surface area contributed by atoms with E-state index in [0.29, 0.717) is 10.8 Å². The van der Waals surface area contributed by atoms with E-state index < -0.39 is 6.10 Å². The topological polar surface area (TPSA) is 38.3 Å². The predicted octanol–water partition coefficient (Wildman–Crippen LogP) is 4.55. The average Bonchev–Trinajstić information content (AvgIpc) is 2.54. The van der Waals surface area contributed by atoms with Gasteiger partial charge in [0.1, 0.15) is 5.75 Å². The zero-order valence-corrected chi connectivity index (χ0v) is 14.4. The van der Waals surface area contributed by atoms with Crippen molar-refractivity contribution in [3.8, 4) is 5.75 Å². The van der Waals surface area contributed by atoms with Crippen molar-refractivity contribution >= 4 is 17.5 Å². The van der Waals surface area contributed by atoms with E-state index in [1.165, 1.54) is 5.56 Å². The molecule has 0 saturated carbocycles. The highest BCUT2D eigenvalue weighted by atomic mass is 35.5. The Balaban J connectivity index is 1.94. The maximum absolute atomic E-state index is 12.3. The van der Waals surface area contributed by atoms with Gasteiger partial charge in [-0.2, -0.15) is 0 Å². The van der Waals surface area contributed by atoms with Crippen LogP contribution >= 0.6 is 11.6 Å². The smallest absolute Gasteiger partial charge is 0.261 e. The predicted molar refractivity (Wildman–Crippen MR) is 93.9 cm³/mol. The lowest BCUT2D eigenvalue weighted by Crippen LogP contribution is -2.37. The molecule has 0 aliphatic rings. The van der Waals surface area contributed by atoms with Crippen LogP contribution < -0.4 is 10.1 Å². The van der Waals surface area contributed by atoms with Crippen LogP contribution in [0.5, 0.6) is 5.75 Å². The Kier molecular flexibility index (Phi) is 6.05. The van der Waals surface area contributed by atoms with Gasteiger partial charge in [0, 0.05) is 5.02 Å². The fourth-order valence-corrected chi connectivity index (χ4v) is 2.43. The molecule has 1 amide bonds. The Morgan fingerprint density at radius 1 is 1.17 bits per heavy atom.